The van der Waals surface area contributed by atoms with Gasteiger partial charge >= 0.3 is 5.97 Å². The molecule has 0 aliphatic carbocycles. The largest absolute Gasteiger partial charge is 0.467 e. The number of amides is 1. The zero-order valence-electron chi connectivity index (χ0n) is 11.0. The number of ether oxygens (including phenoxy) is 1. The molecule has 1 unspecified atom stereocenters. The highest BCUT2D eigenvalue weighted by atomic mass is 16.5. The molecule has 0 aromatic carbocycles. The number of pyridine rings is 1. The Morgan fingerprint density at radius 1 is 1.42 bits per heavy atom. The number of methoxy groups -OCH3 is 1. The number of nitriles is 1. The average molecular weight is 261 g/mol. The summed E-state index contributed by atoms with van der Waals surface area (Å²) in [7, 11) is 1.27. The summed E-state index contributed by atoms with van der Waals surface area (Å²) >= 11 is 0. The van der Waals surface area contributed by atoms with Crippen LogP contribution in [0.25, 0.3) is 0 Å². The highest BCUT2D eigenvalue weighted by Gasteiger charge is 2.25. The molecule has 0 radical (unpaired) electrons. The molecule has 1 aromatic rings. The first kappa shape index (κ1) is 14.6. The minimum Gasteiger partial charge on any atom is -0.467 e. The van der Waals surface area contributed by atoms with E-state index < -0.39 is 17.9 Å². The van der Waals surface area contributed by atoms with E-state index in [1.807, 2.05) is 6.07 Å². The molecule has 1 amide bonds. The molecule has 19 heavy (non-hydrogen) atoms. The van der Waals surface area contributed by atoms with Crippen molar-refractivity contribution in [3.05, 3.63) is 29.6 Å². The van der Waals surface area contributed by atoms with Gasteiger partial charge in [0, 0.05) is 6.20 Å². The minimum atomic E-state index is -0.727. The van der Waals surface area contributed by atoms with E-state index in [0.29, 0.717) is 5.56 Å². The normalized spacial score (nSPS) is 11.5. The summed E-state index contributed by atoms with van der Waals surface area (Å²) < 4.78 is 4.63. The van der Waals surface area contributed by atoms with E-state index >= 15 is 0 Å². The molecular formula is C13H15N3O3. The van der Waals surface area contributed by atoms with Crippen molar-refractivity contribution in [1.29, 1.82) is 5.26 Å². The molecule has 100 valence electrons. The van der Waals surface area contributed by atoms with Crippen molar-refractivity contribution in [2.24, 2.45) is 5.92 Å². The fraction of sp³-hybridized carbons (Fsp3) is 0.385. The summed E-state index contributed by atoms with van der Waals surface area (Å²) in [6, 6.07) is 4.11. The van der Waals surface area contributed by atoms with Crippen LogP contribution in [-0.4, -0.2) is 30.0 Å². The molecular weight excluding hydrogens is 246 g/mol. The van der Waals surface area contributed by atoms with Crippen LogP contribution in [0.15, 0.2) is 18.3 Å². The molecule has 0 saturated heterocycles. The van der Waals surface area contributed by atoms with Crippen molar-refractivity contribution in [2.75, 3.05) is 7.11 Å². The van der Waals surface area contributed by atoms with Gasteiger partial charge in [-0.2, -0.15) is 5.26 Å². The van der Waals surface area contributed by atoms with E-state index in [2.05, 4.69) is 15.0 Å². The van der Waals surface area contributed by atoms with Crippen molar-refractivity contribution >= 4 is 11.9 Å². The van der Waals surface area contributed by atoms with Gasteiger partial charge < -0.3 is 10.1 Å². The molecule has 1 heterocycles. The Morgan fingerprint density at radius 3 is 2.53 bits per heavy atom. The Labute approximate surface area is 111 Å². The summed E-state index contributed by atoms with van der Waals surface area (Å²) in [5.74, 6) is -1.08. The van der Waals surface area contributed by atoms with Gasteiger partial charge in [0.25, 0.3) is 5.91 Å². The van der Waals surface area contributed by atoms with Gasteiger partial charge in [0.15, 0.2) is 0 Å². The second-order valence-electron chi connectivity index (χ2n) is 4.26. The van der Waals surface area contributed by atoms with E-state index in [9.17, 15) is 9.59 Å². The van der Waals surface area contributed by atoms with Gasteiger partial charge in [0.2, 0.25) is 0 Å². The molecule has 1 rings (SSSR count). The third-order valence-corrected chi connectivity index (χ3v) is 2.53. The number of esters is 1. The van der Waals surface area contributed by atoms with Crippen LogP contribution in [0.3, 0.4) is 0 Å². The molecule has 1 N–H and O–H groups in total. The lowest BCUT2D eigenvalue weighted by Gasteiger charge is -2.19. The van der Waals surface area contributed by atoms with Crippen LogP contribution >= 0.6 is 0 Å². The summed E-state index contributed by atoms with van der Waals surface area (Å²) in [4.78, 5) is 27.3. The quantitative estimate of drug-likeness (QED) is 0.812. The third kappa shape index (κ3) is 3.78. The Balaban J connectivity index is 2.82. The van der Waals surface area contributed by atoms with E-state index in [1.54, 1.807) is 13.8 Å². The number of hydrogen-bond donors (Lipinski definition) is 1. The Hall–Kier alpha value is -2.42. The highest BCUT2D eigenvalue weighted by molar-refractivity contribution is 5.95. The maximum absolute atomic E-state index is 11.9. The number of rotatable bonds is 4. The molecule has 0 aliphatic rings. The molecule has 0 spiro atoms. The fourth-order valence-corrected chi connectivity index (χ4v) is 1.43. The van der Waals surface area contributed by atoms with Gasteiger partial charge in [-0.25, -0.2) is 9.78 Å². The molecule has 1 aromatic heterocycles. The Bertz CT molecular complexity index is 503. The molecule has 0 aliphatic heterocycles. The topological polar surface area (TPSA) is 92.1 Å². The number of nitrogens with one attached hydrogen (secondary N) is 1. The van der Waals surface area contributed by atoms with Gasteiger partial charge in [0.1, 0.15) is 17.8 Å². The first-order valence-electron chi connectivity index (χ1n) is 5.74. The summed E-state index contributed by atoms with van der Waals surface area (Å²) in [5.41, 5.74) is 0.512. The lowest BCUT2D eigenvalue weighted by molar-refractivity contribution is -0.144. The maximum Gasteiger partial charge on any atom is 0.328 e. The fourth-order valence-electron chi connectivity index (χ4n) is 1.43. The first-order chi connectivity index (χ1) is 8.99. The Kier molecular flexibility index (Phi) is 5.01. The van der Waals surface area contributed by atoms with Crippen LogP contribution in [-0.2, 0) is 9.53 Å². The third-order valence-electron chi connectivity index (χ3n) is 2.53. The zero-order chi connectivity index (χ0) is 14.4. The van der Waals surface area contributed by atoms with E-state index in [4.69, 9.17) is 5.26 Å². The van der Waals surface area contributed by atoms with E-state index in [-0.39, 0.29) is 11.6 Å². The predicted octanol–water partition coefficient (Wildman–Crippen LogP) is 0.881. The summed E-state index contributed by atoms with van der Waals surface area (Å²) in [5, 5.41) is 11.2. The van der Waals surface area contributed by atoms with Crippen LogP contribution in [0.2, 0.25) is 0 Å². The van der Waals surface area contributed by atoms with Crippen molar-refractivity contribution < 1.29 is 14.3 Å². The van der Waals surface area contributed by atoms with Crippen LogP contribution in [0.1, 0.15) is 29.9 Å². The van der Waals surface area contributed by atoms with Crippen molar-refractivity contribution in [3.63, 3.8) is 0 Å². The van der Waals surface area contributed by atoms with Gasteiger partial charge in [-0.3, -0.25) is 4.79 Å². The minimum absolute atomic E-state index is 0.102. The molecule has 0 fully saturated rings. The van der Waals surface area contributed by atoms with Gasteiger partial charge in [0.05, 0.1) is 12.7 Å². The smallest absolute Gasteiger partial charge is 0.328 e. The number of nitrogens with zero attached hydrogens (tertiary/aromatic N) is 2. The zero-order valence-corrected chi connectivity index (χ0v) is 11.0. The molecule has 6 nitrogen and oxygen atoms in total. The second kappa shape index (κ2) is 6.50. The van der Waals surface area contributed by atoms with Gasteiger partial charge in [-0.1, -0.05) is 13.8 Å². The first-order valence-corrected chi connectivity index (χ1v) is 5.74. The van der Waals surface area contributed by atoms with E-state index in [1.165, 1.54) is 25.4 Å². The molecule has 6 heteroatoms. The van der Waals surface area contributed by atoms with Gasteiger partial charge in [-0.05, 0) is 18.1 Å². The van der Waals surface area contributed by atoms with Crippen LogP contribution in [0.4, 0.5) is 0 Å². The van der Waals surface area contributed by atoms with E-state index in [0.717, 1.165) is 0 Å². The SMILES string of the molecule is COC(=O)C(NC(=O)c1ccc(C#N)cn1)C(C)C. The molecule has 1 atom stereocenters. The second-order valence-corrected chi connectivity index (χ2v) is 4.26. The van der Waals surface area contributed by atoms with Crippen LogP contribution < -0.4 is 5.32 Å². The number of hydrogen-bond acceptors (Lipinski definition) is 5. The van der Waals surface area contributed by atoms with Gasteiger partial charge in [-0.15, -0.1) is 0 Å². The number of aromatic nitrogens is 1. The monoisotopic (exact) mass is 261 g/mol. The molecule has 0 saturated carbocycles. The van der Waals surface area contributed by atoms with Crippen LogP contribution in [0.5, 0.6) is 0 Å². The van der Waals surface area contributed by atoms with Crippen molar-refractivity contribution in [2.45, 2.75) is 19.9 Å². The summed E-state index contributed by atoms with van der Waals surface area (Å²) in [6.07, 6.45) is 1.30. The van der Waals surface area contributed by atoms with Crippen LogP contribution in [0, 0.1) is 17.2 Å². The standard InChI is InChI=1S/C13H15N3O3/c1-8(2)11(13(18)19-3)16-12(17)10-5-4-9(6-14)7-15-10/h4-5,7-8,11H,1-3H3,(H,16,17). The lowest BCUT2D eigenvalue weighted by atomic mass is 10.0. The predicted molar refractivity (Wildman–Crippen MR) is 67.1 cm³/mol. The van der Waals surface area contributed by atoms with Crippen molar-refractivity contribution in [1.82, 2.24) is 10.3 Å². The maximum atomic E-state index is 11.9. The highest BCUT2D eigenvalue weighted by Crippen LogP contribution is 2.06. The van der Waals surface area contributed by atoms with Crippen molar-refractivity contribution in [3.8, 4) is 6.07 Å². The number of carbonyl (C=O) groups excluding carboxylic acids is 2. The number of carbonyl (C=O) groups is 2. The lowest BCUT2D eigenvalue weighted by Crippen LogP contribution is -2.45. The molecule has 0 bridgehead atoms. The Morgan fingerprint density at radius 2 is 2.11 bits per heavy atom. The summed E-state index contributed by atoms with van der Waals surface area (Å²) in [6.45, 7) is 3.60. The average Bonchev–Trinajstić information content (AvgIpc) is 2.43.